The lowest BCUT2D eigenvalue weighted by molar-refractivity contribution is -0.121. The van der Waals surface area contributed by atoms with Crippen molar-refractivity contribution in [3.63, 3.8) is 0 Å². The number of fused-ring (bicyclic) bond motifs is 1. The number of carbonyl (C=O) groups excluding carboxylic acids is 1. The Morgan fingerprint density at radius 3 is 2.75 bits per heavy atom. The minimum Gasteiger partial charge on any atom is -0.367 e. The molecule has 1 heterocycles. The van der Waals surface area contributed by atoms with Crippen LogP contribution in [0.3, 0.4) is 0 Å². The number of hydrogen-bond donors (Lipinski definition) is 1. The molecule has 24 heavy (non-hydrogen) atoms. The molecule has 0 aliphatic rings. The molecule has 0 saturated carbocycles. The predicted octanol–water partition coefficient (Wildman–Crippen LogP) is 4.21. The Balaban J connectivity index is 1.55. The summed E-state index contributed by atoms with van der Waals surface area (Å²) in [4.78, 5) is 12.0. The van der Waals surface area contributed by atoms with Crippen molar-refractivity contribution in [3.8, 4) is 0 Å². The molecule has 0 radical (unpaired) electrons. The van der Waals surface area contributed by atoms with E-state index in [4.69, 9.17) is 4.74 Å². The first-order chi connectivity index (χ1) is 11.8. The van der Waals surface area contributed by atoms with Gasteiger partial charge in [-0.25, -0.2) is 0 Å². The average Bonchev–Trinajstić information content (AvgIpc) is 2.98. The molecule has 0 unspecified atom stereocenters. The Morgan fingerprint density at radius 2 is 1.96 bits per heavy atom. The maximum atomic E-state index is 12.0. The van der Waals surface area contributed by atoms with Crippen molar-refractivity contribution in [3.05, 3.63) is 66.4 Å². The van der Waals surface area contributed by atoms with E-state index >= 15 is 0 Å². The number of aryl methyl sites for hydroxylation is 1. The summed E-state index contributed by atoms with van der Waals surface area (Å²) in [5.74, 6) is -0.140. The Morgan fingerprint density at radius 1 is 1.12 bits per heavy atom. The van der Waals surface area contributed by atoms with E-state index in [0.29, 0.717) is 6.61 Å². The van der Waals surface area contributed by atoms with E-state index in [9.17, 15) is 4.79 Å². The van der Waals surface area contributed by atoms with Crippen LogP contribution in [-0.4, -0.2) is 17.1 Å². The highest BCUT2D eigenvalue weighted by Gasteiger charge is 2.06. The van der Waals surface area contributed by atoms with Gasteiger partial charge in [-0.1, -0.05) is 37.3 Å². The summed E-state index contributed by atoms with van der Waals surface area (Å²) in [5.41, 5.74) is 3.05. The molecule has 0 fully saturated rings. The van der Waals surface area contributed by atoms with Crippen LogP contribution in [0, 0.1) is 0 Å². The number of rotatable bonds is 7. The Bertz CT molecular complexity index is 809. The Hall–Kier alpha value is -2.59. The van der Waals surface area contributed by atoms with Gasteiger partial charge in [0.15, 0.2) is 0 Å². The van der Waals surface area contributed by atoms with Crippen LogP contribution >= 0.6 is 0 Å². The number of benzene rings is 2. The molecule has 4 nitrogen and oxygen atoms in total. The minimum atomic E-state index is -0.140. The van der Waals surface area contributed by atoms with Crippen molar-refractivity contribution in [2.75, 3.05) is 11.9 Å². The standard InChI is InChI=1S/C20H22N2O2/c1-2-11-22-12-10-17-13-18(8-9-19(17)22)21-20(23)15-24-14-16-6-4-3-5-7-16/h3-10,12-13H,2,11,14-15H2,1H3,(H,21,23). The Kier molecular flexibility index (Phi) is 5.29. The van der Waals surface area contributed by atoms with Crippen LogP contribution < -0.4 is 5.32 Å². The minimum absolute atomic E-state index is 0.0454. The average molecular weight is 322 g/mol. The smallest absolute Gasteiger partial charge is 0.250 e. The molecule has 124 valence electrons. The number of aromatic nitrogens is 1. The van der Waals surface area contributed by atoms with Crippen LogP contribution in [0.2, 0.25) is 0 Å². The first-order valence-corrected chi connectivity index (χ1v) is 8.26. The number of amides is 1. The normalized spacial score (nSPS) is 10.9. The SMILES string of the molecule is CCCn1ccc2cc(NC(=O)COCc3ccccc3)ccc21. The lowest BCUT2D eigenvalue weighted by Crippen LogP contribution is -2.18. The molecule has 1 N–H and O–H groups in total. The molecule has 3 rings (SSSR count). The van der Waals surface area contributed by atoms with Gasteiger partial charge in [-0.15, -0.1) is 0 Å². The van der Waals surface area contributed by atoms with Gasteiger partial charge in [0, 0.05) is 29.3 Å². The second kappa shape index (κ2) is 7.79. The first-order valence-electron chi connectivity index (χ1n) is 8.26. The predicted molar refractivity (Wildman–Crippen MR) is 97.0 cm³/mol. The summed E-state index contributed by atoms with van der Waals surface area (Å²) in [6, 6.07) is 17.9. The van der Waals surface area contributed by atoms with Crippen molar-refractivity contribution in [2.24, 2.45) is 0 Å². The van der Waals surface area contributed by atoms with Gasteiger partial charge in [0.2, 0.25) is 5.91 Å². The van der Waals surface area contributed by atoms with Crippen molar-refractivity contribution < 1.29 is 9.53 Å². The molecule has 0 aliphatic heterocycles. The van der Waals surface area contributed by atoms with Crippen LogP contribution in [0.4, 0.5) is 5.69 Å². The van der Waals surface area contributed by atoms with Crippen LogP contribution in [-0.2, 0) is 22.7 Å². The van der Waals surface area contributed by atoms with Gasteiger partial charge < -0.3 is 14.6 Å². The highest BCUT2D eigenvalue weighted by atomic mass is 16.5. The zero-order chi connectivity index (χ0) is 16.8. The number of nitrogens with one attached hydrogen (secondary N) is 1. The number of ether oxygens (including phenoxy) is 1. The van der Waals surface area contributed by atoms with E-state index in [1.807, 2.05) is 48.5 Å². The van der Waals surface area contributed by atoms with Crippen LogP contribution in [0.5, 0.6) is 0 Å². The lowest BCUT2D eigenvalue weighted by Gasteiger charge is -2.08. The van der Waals surface area contributed by atoms with Gasteiger partial charge in [0.25, 0.3) is 0 Å². The maximum absolute atomic E-state index is 12.0. The summed E-state index contributed by atoms with van der Waals surface area (Å²) in [6.45, 7) is 3.65. The third-order valence-electron chi connectivity index (χ3n) is 3.86. The molecule has 0 spiro atoms. The molecule has 0 aliphatic carbocycles. The zero-order valence-electron chi connectivity index (χ0n) is 13.9. The number of nitrogens with zero attached hydrogens (tertiary/aromatic N) is 1. The fourth-order valence-electron chi connectivity index (χ4n) is 2.75. The number of carbonyl (C=O) groups is 1. The molecular weight excluding hydrogens is 300 g/mol. The van der Waals surface area contributed by atoms with Gasteiger partial charge in [-0.3, -0.25) is 4.79 Å². The van der Waals surface area contributed by atoms with Crippen molar-refractivity contribution >= 4 is 22.5 Å². The number of hydrogen-bond acceptors (Lipinski definition) is 2. The molecule has 3 aromatic rings. The zero-order valence-corrected chi connectivity index (χ0v) is 13.9. The topological polar surface area (TPSA) is 43.3 Å². The highest BCUT2D eigenvalue weighted by Crippen LogP contribution is 2.21. The summed E-state index contributed by atoms with van der Waals surface area (Å²) in [6.07, 6.45) is 3.18. The highest BCUT2D eigenvalue weighted by molar-refractivity contribution is 5.94. The van der Waals surface area contributed by atoms with Gasteiger partial charge in [-0.05, 0) is 36.2 Å². The molecule has 0 saturated heterocycles. The molecule has 2 aromatic carbocycles. The van der Waals surface area contributed by atoms with E-state index in [1.54, 1.807) is 0 Å². The molecule has 0 atom stereocenters. The largest absolute Gasteiger partial charge is 0.367 e. The van der Waals surface area contributed by atoms with Gasteiger partial charge in [0.1, 0.15) is 6.61 Å². The van der Waals surface area contributed by atoms with E-state index < -0.39 is 0 Å². The lowest BCUT2D eigenvalue weighted by atomic mass is 10.2. The second-order valence-electron chi connectivity index (χ2n) is 5.81. The van der Waals surface area contributed by atoms with Crippen LogP contribution in [0.25, 0.3) is 10.9 Å². The number of anilines is 1. The van der Waals surface area contributed by atoms with E-state index in [-0.39, 0.29) is 12.5 Å². The molecule has 4 heteroatoms. The van der Waals surface area contributed by atoms with E-state index in [2.05, 4.69) is 29.1 Å². The fourth-order valence-corrected chi connectivity index (χ4v) is 2.75. The van der Waals surface area contributed by atoms with E-state index in [0.717, 1.165) is 29.6 Å². The Labute approximate surface area is 142 Å². The summed E-state index contributed by atoms with van der Waals surface area (Å²) >= 11 is 0. The molecule has 0 bridgehead atoms. The summed E-state index contributed by atoms with van der Waals surface area (Å²) < 4.78 is 7.69. The molecule has 1 amide bonds. The second-order valence-corrected chi connectivity index (χ2v) is 5.81. The first kappa shape index (κ1) is 16.3. The van der Waals surface area contributed by atoms with Crippen molar-refractivity contribution in [2.45, 2.75) is 26.5 Å². The fraction of sp³-hybridized carbons (Fsp3) is 0.250. The summed E-state index contributed by atoms with van der Waals surface area (Å²) in [7, 11) is 0. The third-order valence-corrected chi connectivity index (χ3v) is 3.86. The van der Waals surface area contributed by atoms with Crippen molar-refractivity contribution in [1.29, 1.82) is 0 Å². The third kappa shape index (κ3) is 4.03. The summed E-state index contributed by atoms with van der Waals surface area (Å²) in [5, 5.41) is 4.02. The monoisotopic (exact) mass is 322 g/mol. The van der Waals surface area contributed by atoms with Crippen LogP contribution in [0.1, 0.15) is 18.9 Å². The molecule has 1 aromatic heterocycles. The van der Waals surface area contributed by atoms with Crippen molar-refractivity contribution in [1.82, 2.24) is 4.57 Å². The van der Waals surface area contributed by atoms with Gasteiger partial charge in [0.05, 0.1) is 6.61 Å². The van der Waals surface area contributed by atoms with Gasteiger partial charge >= 0.3 is 0 Å². The van der Waals surface area contributed by atoms with Gasteiger partial charge in [-0.2, -0.15) is 0 Å². The van der Waals surface area contributed by atoms with Crippen LogP contribution in [0.15, 0.2) is 60.8 Å². The van der Waals surface area contributed by atoms with E-state index in [1.165, 1.54) is 5.52 Å². The molecular formula is C20H22N2O2. The quantitative estimate of drug-likeness (QED) is 0.708. The maximum Gasteiger partial charge on any atom is 0.250 e.